The van der Waals surface area contributed by atoms with Crippen LogP contribution in [-0.4, -0.2) is 42.2 Å². The highest BCUT2D eigenvalue weighted by Crippen LogP contribution is 2.32. The summed E-state index contributed by atoms with van der Waals surface area (Å²) in [6.07, 6.45) is -1.43. The largest absolute Gasteiger partial charge is 0.386 e. The van der Waals surface area contributed by atoms with Crippen molar-refractivity contribution < 1.29 is 31.9 Å². The van der Waals surface area contributed by atoms with Crippen molar-refractivity contribution >= 4 is 21.8 Å². The number of amides is 2. The summed E-state index contributed by atoms with van der Waals surface area (Å²) in [5, 5.41) is 12.4. The molecule has 2 aromatic carbocycles. The molecule has 29 heavy (non-hydrogen) atoms. The SMILES string of the molecule is CC(C)N1C(=O)c2ccc(C(=O)NCC(O)c3ccc(F)cc3F)cc2S1(=O)=O. The molecule has 0 aromatic heterocycles. The van der Waals surface area contributed by atoms with Gasteiger partial charge < -0.3 is 10.4 Å². The van der Waals surface area contributed by atoms with E-state index in [-0.39, 0.29) is 28.1 Å². The Labute approximate surface area is 166 Å². The zero-order valence-electron chi connectivity index (χ0n) is 15.5. The summed E-state index contributed by atoms with van der Waals surface area (Å²) < 4.78 is 52.6. The van der Waals surface area contributed by atoms with Gasteiger partial charge in [0.15, 0.2) is 0 Å². The summed E-state index contributed by atoms with van der Waals surface area (Å²) >= 11 is 0. The third kappa shape index (κ3) is 3.73. The van der Waals surface area contributed by atoms with Crippen LogP contribution in [-0.2, 0) is 10.0 Å². The van der Waals surface area contributed by atoms with Crippen LogP contribution in [0, 0.1) is 11.6 Å². The van der Waals surface area contributed by atoms with E-state index in [4.69, 9.17) is 0 Å². The molecule has 0 aliphatic carbocycles. The average Bonchev–Trinajstić information content (AvgIpc) is 2.84. The predicted octanol–water partition coefficient (Wildman–Crippen LogP) is 1.98. The predicted molar refractivity (Wildman–Crippen MR) is 98.6 cm³/mol. The van der Waals surface area contributed by atoms with Crippen molar-refractivity contribution in [1.29, 1.82) is 0 Å². The molecule has 0 bridgehead atoms. The minimum Gasteiger partial charge on any atom is -0.386 e. The molecule has 0 radical (unpaired) electrons. The molecule has 2 amide bonds. The van der Waals surface area contributed by atoms with Crippen molar-refractivity contribution in [2.45, 2.75) is 30.9 Å². The first-order chi connectivity index (χ1) is 13.5. The number of aliphatic hydroxyl groups excluding tert-OH is 1. The molecule has 1 heterocycles. The van der Waals surface area contributed by atoms with Crippen LogP contribution in [0.2, 0.25) is 0 Å². The molecule has 2 N–H and O–H groups in total. The first-order valence-electron chi connectivity index (χ1n) is 8.68. The Morgan fingerprint density at radius 3 is 2.48 bits per heavy atom. The first-order valence-corrected chi connectivity index (χ1v) is 10.1. The van der Waals surface area contributed by atoms with Gasteiger partial charge in [0, 0.05) is 29.8 Å². The van der Waals surface area contributed by atoms with Gasteiger partial charge in [0.1, 0.15) is 16.5 Å². The van der Waals surface area contributed by atoms with E-state index in [0.717, 1.165) is 22.5 Å². The van der Waals surface area contributed by atoms with Gasteiger partial charge in [-0.2, -0.15) is 0 Å². The number of benzene rings is 2. The second-order valence-corrected chi connectivity index (χ2v) is 8.59. The maximum Gasteiger partial charge on any atom is 0.269 e. The van der Waals surface area contributed by atoms with Crippen LogP contribution in [0.1, 0.15) is 46.2 Å². The molecule has 0 fully saturated rings. The quantitative estimate of drug-likeness (QED) is 0.764. The molecule has 1 atom stereocenters. The Kier molecular flexibility index (Phi) is 5.42. The number of carbonyl (C=O) groups is 2. The summed E-state index contributed by atoms with van der Waals surface area (Å²) in [4.78, 5) is 24.4. The number of carbonyl (C=O) groups excluding carboxylic acids is 2. The number of sulfonamides is 1. The summed E-state index contributed by atoms with van der Waals surface area (Å²) in [5.41, 5.74) is -0.261. The minimum absolute atomic E-state index is 0.0244. The van der Waals surface area contributed by atoms with Crippen LogP contribution in [0.4, 0.5) is 8.78 Å². The minimum atomic E-state index is -4.07. The molecule has 1 aliphatic rings. The maximum atomic E-state index is 13.7. The van der Waals surface area contributed by atoms with Gasteiger partial charge in [0.25, 0.3) is 21.8 Å². The van der Waals surface area contributed by atoms with Crippen molar-refractivity contribution in [3.63, 3.8) is 0 Å². The number of nitrogens with zero attached hydrogens (tertiary/aromatic N) is 1. The zero-order chi connectivity index (χ0) is 21.5. The van der Waals surface area contributed by atoms with Crippen molar-refractivity contribution in [1.82, 2.24) is 9.62 Å². The van der Waals surface area contributed by atoms with Crippen LogP contribution >= 0.6 is 0 Å². The fourth-order valence-electron chi connectivity index (χ4n) is 3.07. The fourth-order valence-corrected chi connectivity index (χ4v) is 4.87. The van der Waals surface area contributed by atoms with Gasteiger partial charge in [0.05, 0.1) is 11.7 Å². The van der Waals surface area contributed by atoms with Crippen molar-refractivity contribution in [3.8, 4) is 0 Å². The van der Waals surface area contributed by atoms with E-state index in [9.17, 15) is 31.9 Å². The molecule has 7 nitrogen and oxygen atoms in total. The number of rotatable bonds is 5. The lowest BCUT2D eigenvalue weighted by Crippen LogP contribution is -2.36. The molecule has 1 unspecified atom stereocenters. The summed E-state index contributed by atoms with van der Waals surface area (Å²) in [7, 11) is -4.07. The molecule has 10 heteroatoms. The van der Waals surface area contributed by atoms with Crippen LogP contribution in [0.3, 0.4) is 0 Å². The number of aliphatic hydroxyl groups is 1. The molecule has 2 aromatic rings. The van der Waals surface area contributed by atoms with Gasteiger partial charge in [-0.3, -0.25) is 9.59 Å². The van der Waals surface area contributed by atoms with Gasteiger partial charge in [-0.15, -0.1) is 0 Å². The lowest BCUT2D eigenvalue weighted by molar-refractivity contribution is 0.0845. The fraction of sp³-hybridized carbons (Fsp3) is 0.263. The van der Waals surface area contributed by atoms with Crippen LogP contribution < -0.4 is 5.32 Å². The highest BCUT2D eigenvalue weighted by Gasteiger charge is 2.42. The molecular weight excluding hydrogens is 406 g/mol. The molecular formula is C19H18F2N2O5S. The Bertz CT molecular complexity index is 1100. The Morgan fingerprint density at radius 1 is 1.17 bits per heavy atom. The van der Waals surface area contributed by atoms with Gasteiger partial charge >= 0.3 is 0 Å². The van der Waals surface area contributed by atoms with Crippen LogP contribution in [0.15, 0.2) is 41.3 Å². The maximum absolute atomic E-state index is 13.7. The average molecular weight is 424 g/mol. The van der Waals surface area contributed by atoms with E-state index in [1.807, 2.05) is 0 Å². The van der Waals surface area contributed by atoms with E-state index in [1.54, 1.807) is 13.8 Å². The topological polar surface area (TPSA) is 104 Å². The first kappa shape index (κ1) is 20.9. The van der Waals surface area contributed by atoms with Gasteiger partial charge in [-0.05, 0) is 38.1 Å². The number of hydrogen-bond acceptors (Lipinski definition) is 5. The van der Waals surface area contributed by atoms with E-state index in [2.05, 4.69) is 5.32 Å². The number of nitrogens with one attached hydrogen (secondary N) is 1. The summed E-state index contributed by atoms with van der Waals surface area (Å²) in [5.74, 6) is -3.14. The van der Waals surface area contributed by atoms with E-state index < -0.39 is 45.6 Å². The van der Waals surface area contributed by atoms with Gasteiger partial charge in [-0.1, -0.05) is 6.07 Å². The number of halogens is 2. The van der Waals surface area contributed by atoms with Crippen LogP contribution in [0.25, 0.3) is 0 Å². The highest BCUT2D eigenvalue weighted by molar-refractivity contribution is 7.90. The molecule has 154 valence electrons. The van der Waals surface area contributed by atoms with Crippen LogP contribution in [0.5, 0.6) is 0 Å². The molecule has 0 saturated carbocycles. The van der Waals surface area contributed by atoms with Crippen molar-refractivity contribution in [2.75, 3.05) is 6.54 Å². The summed E-state index contributed by atoms with van der Waals surface area (Å²) in [6.45, 7) is 2.73. The van der Waals surface area contributed by atoms with Crippen molar-refractivity contribution in [3.05, 3.63) is 64.7 Å². The van der Waals surface area contributed by atoms with E-state index in [0.29, 0.717) is 6.07 Å². The van der Waals surface area contributed by atoms with E-state index in [1.165, 1.54) is 12.1 Å². The second-order valence-electron chi connectivity index (χ2n) is 6.80. The molecule has 0 spiro atoms. The Hall–Kier alpha value is -2.85. The number of fused-ring (bicyclic) bond motifs is 1. The second kappa shape index (κ2) is 7.53. The lowest BCUT2D eigenvalue weighted by Gasteiger charge is -2.18. The zero-order valence-corrected chi connectivity index (χ0v) is 16.3. The highest BCUT2D eigenvalue weighted by atomic mass is 32.2. The third-order valence-corrected chi connectivity index (χ3v) is 6.46. The third-order valence-electron chi connectivity index (χ3n) is 4.46. The number of hydrogen-bond donors (Lipinski definition) is 2. The van der Waals surface area contributed by atoms with E-state index >= 15 is 0 Å². The smallest absolute Gasteiger partial charge is 0.269 e. The normalized spacial score (nSPS) is 16.1. The summed E-state index contributed by atoms with van der Waals surface area (Å²) in [6, 6.07) is 5.70. The van der Waals surface area contributed by atoms with Gasteiger partial charge in [-0.25, -0.2) is 21.5 Å². The molecule has 0 saturated heterocycles. The molecule has 1 aliphatic heterocycles. The Morgan fingerprint density at radius 2 is 1.86 bits per heavy atom. The molecule has 3 rings (SSSR count). The standard InChI is InChI=1S/C19H18F2N2O5S/c1-10(2)23-19(26)14-5-3-11(7-17(14)29(23,27)28)18(25)22-9-16(24)13-6-4-12(20)8-15(13)21/h3-8,10,16,24H,9H2,1-2H3,(H,22,25). The monoisotopic (exact) mass is 424 g/mol. The van der Waals surface area contributed by atoms with Gasteiger partial charge in [0.2, 0.25) is 0 Å². The lowest BCUT2D eigenvalue weighted by atomic mass is 10.1. The Balaban J connectivity index is 1.78. The van der Waals surface area contributed by atoms with Crippen molar-refractivity contribution in [2.24, 2.45) is 0 Å².